The number of para-hydroxylation sites is 1. The van der Waals surface area contributed by atoms with E-state index < -0.39 is 0 Å². The number of aryl methyl sites for hydroxylation is 1. The van der Waals surface area contributed by atoms with E-state index >= 15 is 0 Å². The predicted molar refractivity (Wildman–Crippen MR) is 113 cm³/mol. The number of likely N-dealkylation sites (N-methyl/N-ethyl adjacent to an activating group) is 1. The predicted octanol–water partition coefficient (Wildman–Crippen LogP) is 1.89. The van der Waals surface area contributed by atoms with E-state index in [0.29, 0.717) is 19.5 Å². The highest BCUT2D eigenvalue weighted by atomic mass is 16.2. The Bertz CT molecular complexity index is 932. The molecule has 2 heterocycles. The minimum absolute atomic E-state index is 0.0179. The van der Waals surface area contributed by atoms with Crippen LogP contribution >= 0.6 is 0 Å². The first kappa shape index (κ1) is 20.6. The van der Waals surface area contributed by atoms with Gasteiger partial charge in [-0.1, -0.05) is 18.2 Å². The minimum Gasteiger partial charge on any atom is -0.358 e. The van der Waals surface area contributed by atoms with Crippen LogP contribution < -0.4 is 10.6 Å². The van der Waals surface area contributed by atoms with Crippen LogP contribution in [0.2, 0.25) is 0 Å². The van der Waals surface area contributed by atoms with Crippen LogP contribution in [0.5, 0.6) is 0 Å². The van der Waals surface area contributed by atoms with Crippen LogP contribution in [0.3, 0.4) is 0 Å². The van der Waals surface area contributed by atoms with Crippen LogP contribution in [-0.4, -0.2) is 54.0 Å². The molecule has 2 N–H and O–H groups in total. The van der Waals surface area contributed by atoms with Gasteiger partial charge in [-0.15, -0.1) is 0 Å². The molecule has 2 amide bonds. The first-order chi connectivity index (χ1) is 14.1. The average Bonchev–Trinajstić information content (AvgIpc) is 3.10. The highest BCUT2D eigenvalue weighted by molar-refractivity contribution is 5.96. The number of carbonyl (C=O) groups is 2. The molecule has 0 bridgehead atoms. The fourth-order valence-corrected chi connectivity index (χ4v) is 3.70. The van der Waals surface area contributed by atoms with Crippen molar-refractivity contribution in [1.82, 2.24) is 20.1 Å². The molecule has 1 aromatic heterocycles. The number of nitrogens with zero attached hydrogens (tertiary/aromatic N) is 3. The smallest absolute Gasteiger partial charge is 0.244 e. The standard InChI is InChI=1S/C22H27N5O2/c1-24-22(29)16-26-13-9-18(10-14-26)25-21(28)8-7-17-15-27(12-4-11-23)20-6-3-2-5-19(17)20/h2-3,5-8,15,18H,4,9-10,12-14,16H2,1H3,(H,24,29)(H,25,28)/b8-7+. The Morgan fingerprint density at radius 2 is 2.03 bits per heavy atom. The van der Waals surface area contributed by atoms with Crippen molar-refractivity contribution >= 4 is 28.8 Å². The summed E-state index contributed by atoms with van der Waals surface area (Å²) in [5.74, 6) is -0.0899. The van der Waals surface area contributed by atoms with Crippen LogP contribution in [0, 0.1) is 11.3 Å². The summed E-state index contributed by atoms with van der Waals surface area (Å²) in [6.07, 6.45) is 7.52. The second-order valence-corrected chi connectivity index (χ2v) is 7.27. The molecule has 0 atom stereocenters. The van der Waals surface area contributed by atoms with Gasteiger partial charge in [-0.2, -0.15) is 5.26 Å². The summed E-state index contributed by atoms with van der Waals surface area (Å²) >= 11 is 0. The van der Waals surface area contributed by atoms with Crippen LogP contribution in [0.25, 0.3) is 17.0 Å². The zero-order valence-corrected chi connectivity index (χ0v) is 16.7. The fraction of sp³-hybridized carbons (Fsp3) is 0.409. The van der Waals surface area contributed by atoms with Gasteiger partial charge in [0.2, 0.25) is 11.8 Å². The van der Waals surface area contributed by atoms with E-state index in [2.05, 4.69) is 26.2 Å². The topological polar surface area (TPSA) is 90.2 Å². The fourth-order valence-electron chi connectivity index (χ4n) is 3.70. The largest absolute Gasteiger partial charge is 0.358 e. The third-order valence-corrected chi connectivity index (χ3v) is 5.28. The van der Waals surface area contributed by atoms with Crippen molar-refractivity contribution in [3.8, 4) is 6.07 Å². The SMILES string of the molecule is CNC(=O)CN1CCC(NC(=O)/C=C/c2cn(CCC#N)c3ccccc23)CC1. The third kappa shape index (κ3) is 5.46. The second kappa shape index (κ2) is 9.89. The summed E-state index contributed by atoms with van der Waals surface area (Å²) in [6, 6.07) is 10.3. The molecule has 0 radical (unpaired) electrons. The first-order valence-electron chi connectivity index (χ1n) is 9.97. The van der Waals surface area contributed by atoms with E-state index in [1.54, 1.807) is 13.1 Å². The number of fused-ring (bicyclic) bond motifs is 1. The lowest BCUT2D eigenvalue weighted by Crippen LogP contribution is -2.46. The molecule has 0 spiro atoms. The second-order valence-electron chi connectivity index (χ2n) is 7.27. The van der Waals surface area contributed by atoms with Crippen molar-refractivity contribution in [3.05, 3.63) is 42.1 Å². The lowest BCUT2D eigenvalue weighted by molar-refractivity contribution is -0.122. The highest BCUT2D eigenvalue weighted by Gasteiger charge is 2.21. The van der Waals surface area contributed by atoms with E-state index in [1.807, 2.05) is 36.5 Å². The van der Waals surface area contributed by atoms with Gasteiger partial charge in [0.25, 0.3) is 0 Å². The Hall–Kier alpha value is -3.11. The summed E-state index contributed by atoms with van der Waals surface area (Å²) < 4.78 is 2.05. The van der Waals surface area contributed by atoms with E-state index in [4.69, 9.17) is 5.26 Å². The van der Waals surface area contributed by atoms with E-state index in [0.717, 1.165) is 42.4 Å². The minimum atomic E-state index is -0.108. The maximum absolute atomic E-state index is 12.4. The summed E-state index contributed by atoms with van der Waals surface area (Å²) in [6.45, 7) is 2.64. The van der Waals surface area contributed by atoms with Crippen LogP contribution in [-0.2, 0) is 16.1 Å². The van der Waals surface area contributed by atoms with Crippen molar-refractivity contribution in [2.75, 3.05) is 26.7 Å². The Morgan fingerprint density at radius 3 is 2.76 bits per heavy atom. The summed E-state index contributed by atoms with van der Waals surface area (Å²) in [5.41, 5.74) is 2.03. The van der Waals surface area contributed by atoms with Gasteiger partial charge in [-0.3, -0.25) is 14.5 Å². The van der Waals surface area contributed by atoms with Gasteiger partial charge < -0.3 is 15.2 Å². The van der Waals surface area contributed by atoms with Gasteiger partial charge in [-0.05, 0) is 25.0 Å². The van der Waals surface area contributed by atoms with Crippen molar-refractivity contribution in [2.24, 2.45) is 0 Å². The highest BCUT2D eigenvalue weighted by Crippen LogP contribution is 2.23. The number of aromatic nitrogens is 1. The summed E-state index contributed by atoms with van der Waals surface area (Å²) in [7, 11) is 1.64. The molecule has 1 fully saturated rings. The number of nitriles is 1. The Labute approximate surface area is 171 Å². The molecule has 152 valence electrons. The lowest BCUT2D eigenvalue weighted by atomic mass is 10.0. The monoisotopic (exact) mass is 393 g/mol. The molecule has 3 rings (SSSR count). The number of amides is 2. The molecular weight excluding hydrogens is 366 g/mol. The number of carbonyl (C=O) groups excluding carboxylic acids is 2. The molecule has 1 aliphatic heterocycles. The molecule has 7 heteroatoms. The number of piperidine rings is 1. The Balaban J connectivity index is 1.57. The van der Waals surface area contributed by atoms with Crippen LogP contribution in [0.4, 0.5) is 0 Å². The maximum Gasteiger partial charge on any atom is 0.244 e. The van der Waals surface area contributed by atoms with Gasteiger partial charge in [0, 0.05) is 61.5 Å². The van der Waals surface area contributed by atoms with Crippen molar-refractivity contribution in [3.63, 3.8) is 0 Å². The molecule has 0 saturated carbocycles. The number of rotatable bonds is 7. The van der Waals surface area contributed by atoms with Gasteiger partial charge in [0.05, 0.1) is 19.0 Å². The van der Waals surface area contributed by atoms with Crippen LogP contribution in [0.15, 0.2) is 36.5 Å². The summed E-state index contributed by atoms with van der Waals surface area (Å²) in [5, 5.41) is 15.6. The molecule has 0 aliphatic carbocycles. The average molecular weight is 393 g/mol. The molecule has 1 saturated heterocycles. The van der Waals surface area contributed by atoms with Crippen molar-refractivity contribution in [2.45, 2.75) is 31.8 Å². The van der Waals surface area contributed by atoms with E-state index in [-0.39, 0.29) is 17.9 Å². The van der Waals surface area contributed by atoms with Crippen LogP contribution in [0.1, 0.15) is 24.8 Å². The molecule has 29 heavy (non-hydrogen) atoms. The molecular formula is C22H27N5O2. The Kier molecular flexibility index (Phi) is 7.04. The molecule has 7 nitrogen and oxygen atoms in total. The van der Waals surface area contributed by atoms with Gasteiger partial charge in [0.1, 0.15) is 0 Å². The van der Waals surface area contributed by atoms with Gasteiger partial charge in [-0.25, -0.2) is 0 Å². The Morgan fingerprint density at radius 1 is 1.28 bits per heavy atom. The van der Waals surface area contributed by atoms with Crippen molar-refractivity contribution in [1.29, 1.82) is 5.26 Å². The van der Waals surface area contributed by atoms with Gasteiger partial charge >= 0.3 is 0 Å². The number of hydrogen-bond donors (Lipinski definition) is 2. The number of nitrogens with one attached hydrogen (secondary N) is 2. The zero-order valence-electron chi connectivity index (χ0n) is 16.7. The number of likely N-dealkylation sites (tertiary alicyclic amines) is 1. The number of hydrogen-bond acceptors (Lipinski definition) is 4. The van der Waals surface area contributed by atoms with E-state index in [1.165, 1.54) is 0 Å². The first-order valence-corrected chi connectivity index (χ1v) is 9.97. The quantitative estimate of drug-likeness (QED) is 0.703. The zero-order chi connectivity index (χ0) is 20.6. The third-order valence-electron chi connectivity index (χ3n) is 5.28. The molecule has 2 aromatic rings. The van der Waals surface area contributed by atoms with Gasteiger partial charge in [0.15, 0.2) is 0 Å². The van der Waals surface area contributed by atoms with Crippen molar-refractivity contribution < 1.29 is 9.59 Å². The molecule has 1 aromatic carbocycles. The number of benzene rings is 1. The maximum atomic E-state index is 12.4. The summed E-state index contributed by atoms with van der Waals surface area (Å²) in [4.78, 5) is 25.9. The lowest BCUT2D eigenvalue weighted by Gasteiger charge is -2.31. The van der Waals surface area contributed by atoms with E-state index in [9.17, 15) is 9.59 Å². The normalized spacial score (nSPS) is 15.4. The molecule has 0 unspecified atom stereocenters. The molecule has 1 aliphatic rings.